The third kappa shape index (κ3) is 54.1. The Morgan fingerprint density at radius 2 is 0.565 bits per heavy atom. The van der Waals surface area contributed by atoms with Crippen LogP contribution < -0.4 is 0 Å². The molecule has 0 unspecified atom stereocenters. The van der Waals surface area contributed by atoms with E-state index in [4.69, 9.17) is 14.2 Å². The van der Waals surface area contributed by atoms with E-state index in [0.29, 0.717) is 25.7 Å². The van der Waals surface area contributed by atoms with Gasteiger partial charge in [0.1, 0.15) is 13.2 Å². The molecular formula is C63H98O6. The number of hydrogen-bond donors (Lipinski definition) is 0. The first-order valence-corrected chi connectivity index (χ1v) is 27.3. The molecule has 0 aliphatic carbocycles. The number of allylic oxidation sites excluding steroid dienone is 24. The Balaban J connectivity index is 4.59. The summed E-state index contributed by atoms with van der Waals surface area (Å²) < 4.78 is 16.8. The van der Waals surface area contributed by atoms with E-state index in [9.17, 15) is 14.4 Å². The van der Waals surface area contributed by atoms with Crippen molar-refractivity contribution in [2.24, 2.45) is 0 Å². The van der Waals surface area contributed by atoms with E-state index in [1.807, 2.05) is 0 Å². The summed E-state index contributed by atoms with van der Waals surface area (Å²) in [5.41, 5.74) is 0. The number of esters is 3. The van der Waals surface area contributed by atoms with Gasteiger partial charge in [0, 0.05) is 19.3 Å². The van der Waals surface area contributed by atoms with Crippen LogP contribution >= 0.6 is 0 Å². The van der Waals surface area contributed by atoms with Crippen molar-refractivity contribution in [3.05, 3.63) is 146 Å². The molecule has 0 aliphatic heterocycles. The van der Waals surface area contributed by atoms with Gasteiger partial charge in [0.05, 0.1) is 0 Å². The third-order valence-electron chi connectivity index (χ3n) is 10.8. The molecule has 0 amide bonds. The molecule has 0 aromatic rings. The first-order chi connectivity index (χ1) is 34.0. The van der Waals surface area contributed by atoms with Gasteiger partial charge in [0.15, 0.2) is 6.10 Å². The lowest BCUT2D eigenvalue weighted by atomic mass is 10.1. The first-order valence-electron chi connectivity index (χ1n) is 27.3. The predicted octanol–water partition coefficient (Wildman–Crippen LogP) is 18.4. The fraction of sp³-hybridized carbons (Fsp3) is 0.571. The highest BCUT2D eigenvalue weighted by Gasteiger charge is 2.19. The average Bonchev–Trinajstić information content (AvgIpc) is 3.35. The fourth-order valence-electron chi connectivity index (χ4n) is 6.76. The summed E-state index contributed by atoms with van der Waals surface area (Å²) >= 11 is 0. The minimum atomic E-state index is -0.828. The maximum atomic E-state index is 12.8. The number of hydrogen-bond acceptors (Lipinski definition) is 6. The van der Waals surface area contributed by atoms with Crippen molar-refractivity contribution >= 4 is 17.9 Å². The summed E-state index contributed by atoms with van der Waals surface area (Å²) in [5.74, 6) is -1.03. The Hall–Kier alpha value is -4.71. The number of carbonyl (C=O) groups excluding carboxylic acids is 3. The third-order valence-corrected chi connectivity index (χ3v) is 10.8. The normalized spacial score (nSPS) is 13.3. The fourth-order valence-corrected chi connectivity index (χ4v) is 6.76. The number of rotatable bonds is 47. The van der Waals surface area contributed by atoms with Gasteiger partial charge in [-0.1, -0.05) is 199 Å². The molecule has 0 spiro atoms. The predicted molar refractivity (Wildman–Crippen MR) is 297 cm³/mol. The van der Waals surface area contributed by atoms with Gasteiger partial charge in [-0.3, -0.25) is 14.4 Å². The van der Waals surface area contributed by atoms with Crippen LogP contribution in [-0.2, 0) is 28.6 Å². The molecular weight excluding hydrogens is 853 g/mol. The van der Waals surface area contributed by atoms with Crippen LogP contribution in [0.4, 0.5) is 0 Å². The summed E-state index contributed by atoms with van der Waals surface area (Å²) in [5, 5.41) is 0. The van der Waals surface area contributed by atoms with Crippen LogP contribution in [-0.4, -0.2) is 37.2 Å². The summed E-state index contributed by atoms with van der Waals surface area (Å²) in [6.07, 6.45) is 79.7. The van der Waals surface area contributed by atoms with Crippen LogP contribution in [0.15, 0.2) is 146 Å². The van der Waals surface area contributed by atoms with Gasteiger partial charge in [-0.05, 0) is 141 Å². The lowest BCUT2D eigenvalue weighted by Gasteiger charge is -2.18. The zero-order chi connectivity index (χ0) is 50.0. The Bertz CT molecular complexity index is 1560. The van der Waals surface area contributed by atoms with Gasteiger partial charge in [-0.15, -0.1) is 0 Å². The highest BCUT2D eigenvalue weighted by atomic mass is 16.6. The molecule has 0 bridgehead atoms. The molecule has 0 radical (unpaired) electrons. The maximum Gasteiger partial charge on any atom is 0.306 e. The van der Waals surface area contributed by atoms with Gasteiger partial charge in [0.2, 0.25) is 0 Å². The van der Waals surface area contributed by atoms with Crippen molar-refractivity contribution in [3.8, 4) is 0 Å². The van der Waals surface area contributed by atoms with E-state index in [-0.39, 0.29) is 37.5 Å². The number of unbranched alkanes of at least 4 members (excludes halogenated alkanes) is 12. The van der Waals surface area contributed by atoms with Crippen LogP contribution in [0, 0.1) is 0 Å². The molecule has 0 aliphatic rings. The quantitative estimate of drug-likeness (QED) is 0.0262. The summed E-state index contributed by atoms with van der Waals surface area (Å²) in [6.45, 7) is 6.28. The summed E-state index contributed by atoms with van der Waals surface area (Å²) in [7, 11) is 0. The molecule has 0 aromatic carbocycles. The van der Waals surface area contributed by atoms with E-state index >= 15 is 0 Å². The topological polar surface area (TPSA) is 78.9 Å². The highest BCUT2D eigenvalue weighted by Crippen LogP contribution is 2.11. The molecule has 69 heavy (non-hydrogen) atoms. The molecule has 0 saturated carbocycles. The largest absolute Gasteiger partial charge is 0.462 e. The van der Waals surface area contributed by atoms with Crippen LogP contribution in [0.3, 0.4) is 0 Å². The van der Waals surface area contributed by atoms with Crippen molar-refractivity contribution in [3.63, 3.8) is 0 Å². The van der Waals surface area contributed by atoms with Crippen molar-refractivity contribution in [2.45, 2.75) is 219 Å². The molecule has 0 N–H and O–H groups in total. The Labute approximate surface area is 423 Å². The minimum absolute atomic E-state index is 0.123. The second-order valence-corrected chi connectivity index (χ2v) is 17.4. The summed E-state index contributed by atoms with van der Waals surface area (Å²) in [4.78, 5) is 38.1. The van der Waals surface area contributed by atoms with Gasteiger partial charge in [-0.25, -0.2) is 0 Å². The van der Waals surface area contributed by atoms with E-state index in [1.54, 1.807) is 0 Å². The number of carbonyl (C=O) groups is 3. The molecule has 1 atom stereocenters. The zero-order valence-corrected chi connectivity index (χ0v) is 44.0. The van der Waals surface area contributed by atoms with Crippen molar-refractivity contribution in [1.82, 2.24) is 0 Å². The molecule has 0 saturated heterocycles. The Morgan fingerprint density at radius 1 is 0.304 bits per heavy atom. The molecule has 0 rings (SSSR count). The van der Waals surface area contributed by atoms with Crippen LogP contribution in [0.1, 0.15) is 213 Å². The molecule has 386 valence electrons. The van der Waals surface area contributed by atoms with E-state index in [2.05, 4.69) is 167 Å². The lowest BCUT2D eigenvalue weighted by molar-refractivity contribution is -0.167. The van der Waals surface area contributed by atoms with E-state index in [0.717, 1.165) is 135 Å². The molecule has 6 heteroatoms. The van der Waals surface area contributed by atoms with Crippen LogP contribution in [0.25, 0.3) is 0 Å². The Kier molecular flexibility index (Phi) is 52.1. The molecule has 0 aromatic heterocycles. The Morgan fingerprint density at radius 3 is 0.913 bits per heavy atom. The van der Waals surface area contributed by atoms with E-state index in [1.165, 1.54) is 25.7 Å². The van der Waals surface area contributed by atoms with E-state index < -0.39 is 6.10 Å². The SMILES string of the molecule is CC/C=C\C/C=C\C/C=C\C/C=C\C/C=C\CCCCCC(=O)O[C@@H](COC(=O)CCCC/C=C\C/C=C\C/C=C\CCCCC)COC(=O)CCCCCC/C=C\C/C=C\C/C=C\C/C=C\CC. The molecule has 0 fully saturated rings. The van der Waals surface area contributed by atoms with Crippen molar-refractivity contribution in [1.29, 1.82) is 0 Å². The standard InChI is InChI=1S/C63H98O6/c1-4-7-10-13-16-19-22-25-28-30-31-33-36-39-42-45-48-51-54-57-63(66)69-60(58-67-61(64)55-52-49-46-43-40-37-34-27-24-21-18-15-12-9-6-3)59-68-62(65)56-53-50-47-44-41-38-35-32-29-26-23-20-17-14-11-8-5-2/h7-8,10-11,16-21,25-29,31,33-35,38-40,42-43,60H,4-6,9,12-15,22-24,30,32,36-37,41,44-59H2,1-3H3/b10-7-,11-8-,19-16-,20-17-,21-18-,28-25-,29-26-,33-31-,34-27-,38-35-,42-39-,43-40-/t60-/m0/s1. The van der Waals surface area contributed by atoms with Crippen molar-refractivity contribution < 1.29 is 28.6 Å². The molecule has 0 heterocycles. The van der Waals surface area contributed by atoms with Gasteiger partial charge >= 0.3 is 17.9 Å². The average molecular weight is 951 g/mol. The monoisotopic (exact) mass is 951 g/mol. The lowest BCUT2D eigenvalue weighted by Crippen LogP contribution is -2.30. The second-order valence-electron chi connectivity index (χ2n) is 17.4. The zero-order valence-electron chi connectivity index (χ0n) is 44.0. The van der Waals surface area contributed by atoms with Gasteiger partial charge in [0.25, 0.3) is 0 Å². The number of ether oxygens (including phenoxy) is 3. The maximum absolute atomic E-state index is 12.8. The van der Waals surface area contributed by atoms with Gasteiger partial charge in [-0.2, -0.15) is 0 Å². The van der Waals surface area contributed by atoms with Crippen LogP contribution in [0.5, 0.6) is 0 Å². The van der Waals surface area contributed by atoms with Crippen LogP contribution in [0.2, 0.25) is 0 Å². The second kappa shape index (κ2) is 55.9. The first kappa shape index (κ1) is 64.3. The van der Waals surface area contributed by atoms with Crippen molar-refractivity contribution in [2.75, 3.05) is 13.2 Å². The highest BCUT2D eigenvalue weighted by molar-refractivity contribution is 5.71. The van der Waals surface area contributed by atoms with Gasteiger partial charge < -0.3 is 14.2 Å². The molecule has 6 nitrogen and oxygen atoms in total. The smallest absolute Gasteiger partial charge is 0.306 e. The summed E-state index contributed by atoms with van der Waals surface area (Å²) in [6, 6.07) is 0. The minimum Gasteiger partial charge on any atom is -0.462 e.